The van der Waals surface area contributed by atoms with Crippen molar-refractivity contribution >= 4 is 46.1 Å². The van der Waals surface area contributed by atoms with Gasteiger partial charge in [0.05, 0.1) is 4.91 Å². The second-order valence-corrected chi connectivity index (χ2v) is 10.6. The Kier molecular flexibility index (Phi) is 7.84. The molecule has 0 saturated carbocycles. The number of carbonyl (C=O) groups is 1. The van der Waals surface area contributed by atoms with Crippen LogP contribution in [0.4, 0.5) is 5.82 Å². The Labute approximate surface area is 200 Å². The molecule has 0 radical (unpaired) electrons. The van der Waals surface area contributed by atoms with Crippen LogP contribution < -0.4 is 10.5 Å². The van der Waals surface area contributed by atoms with Gasteiger partial charge in [0.25, 0.3) is 11.5 Å². The van der Waals surface area contributed by atoms with Crippen LogP contribution in [0.5, 0.6) is 0 Å². The summed E-state index contributed by atoms with van der Waals surface area (Å²) in [5.74, 6) is 1.71. The number of carbonyl (C=O) groups excluding carboxylic acids is 1. The third kappa shape index (κ3) is 4.65. The number of thiocarbonyl (C=S) groups is 1. The highest BCUT2D eigenvalue weighted by Crippen LogP contribution is 2.37. The number of pyridine rings is 1. The SMILES string of the molecule is CCCCn1c(N2CC(C)CC(C)C2)c(/C=C2/SC(=S)N(CC)C2=O)c(C)c(C#N)c1=O. The molecule has 0 N–H and O–H groups in total. The third-order valence-corrected chi connectivity index (χ3v) is 7.59. The van der Waals surface area contributed by atoms with Crippen molar-refractivity contribution in [2.75, 3.05) is 24.5 Å². The lowest BCUT2D eigenvalue weighted by atomic mass is 9.91. The summed E-state index contributed by atoms with van der Waals surface area (Å²) in [4.78, 5) is 30.7. The number of likely N-dealkylation sites (N-methyl/N-ethyl adjacent to an activating group) is 1. The van der Waals surface area contributed by atoms with Gasteiger partial charge in [-0.25, -0.2) is 0 Å². The first-order chi connectivity index (χ1) is 15.2. The number of thioether (sulfide) groups is 1. The van der Waals surface area contributed by atoms with Crippen molar-refractivity contribution in [3.63, 3.8) is 0 Å². The van der Waals surface area contributed by atoms with E-state index in [9.17, 15) is 14.9 Å². The van der Waals surface area contributed by atoms with E-state index in [1.54, 1.807) is 9.47 Å². The van der Waals surface area contributed by atoms with Crippen molar-refractivity contribution in [3.05, 3.63) is 31.9 Å². The second kappa shape index (κ2) is 10.2. The fourth-order valence-corrected chi connectivity index (χ4v) is 6.11. The minimum absolute atomic E-state index is 0.113. The van der Waals surface area contributed by atoms with E-state index >= 15 is 0 Å². The Hall–Kier alpha value is -2.11. The summed E-state index contributed by atoms with van der Waals surface area (Å²) >= 11 is 6.68. The number of hydrogen-bond acceptors (Lipinski definition) is 6. The van der Waals surface area contributed by atoms with Gasteiger partial charge in [0, 0.05) is 31.7 Å². The number of amides is 1. The van der Waals surface area contributed by atoms with Crippen LogP contribution in [0.15, 0.2) is 9.70 Å². The van der Waals surface area contributed by atoms with Gasteiger partial charge in [-0.1, -0.05) is 51.2 Å². The molecular formula is C24H32N4O2S2. The first-order valence-corrected chi connectivity index (χ1v) is 12.6. The average molecular weight is 473 g/mol. The first-order valence-electron chi connectivity index (χ1n) is 11.4. The number of aromatic nitrogens is 1. The van der Waals surface area contributed by atoms with Gasteiger partial charge in [-0.3, -0.25) is 19.1 Å². The Balaban J connectivity index is 2.28. The van der Waals surface area contributed by atoms with Crippen LogP contribution in [0, 0.1) is 30.1 Å². The number of nitriles is 1. The molecule has 3 rings (SSSR count). The summed E-state index contributed by atoms with van der Waals surface area (Å²) < 4.78 is 2.31. The molecule has 2 aliphatic rings. The zero-order valence-electron chi connectivity index (χ0n) is 19.6. The van der Waals surface area contributed by atoms with E-state index in [0.29, 0.717) is 39.7 Å². The zero-order valence-corrected chi connectivity index (χ0v) is 21.2. The minimum atomic E-state index is -0.238. The highest BCUT2D eigenvalue weighted by Gasteiger charge is 2.33. The standard InChI is InChI=1S/C24H32N4O2S2/c1-6-8-9-28-21(26-13-15(3)10-16(4)14-26)18(17(5)19(12-25)22(28)29)11-20-23(30)27(7-2)24(31)32-20/h11,15-16H,6-10,13-14H2,1-5H3/b20-11+. The largest absolute Gasteiger partial charge is 0.357 e. The predicted octanol–water partition coefficient (Wildman–Crippen LogP) is 4.53. The van der Waals surface area contributed by atoms with E-state index in [1.807, 2.05) is 19.9 Å². The highest BCUT2D eigenvalue weighted by atomic mass is 32.2. The molecule has 2 fully saturated rings. The molecule has 0 spiro atoms. The average Bonchev–Trinajstić information content (AvgIpc) is 3.00. The van der Waals surface area contributed by atoms with Crippen molar-refractivity contribution < 1.29 is 4.79 Å². The smallest absolute Gasteiger partial charge is 0.270 e. The minimum Gasteiger partial charge on any atom is -0.357 e. The molecule has 2 unspecified atom stereocenters. The lowest BCUT2D eigenvalue weighted by molar-refractivity contribution is -0.121. The van der Waals surface area contributed by atoms with Crippen LogP contribution in [-0.4, -0.2) is 39.3 Å². The summed E-state index contributed by atoms with van der Waals surface area (Å²) in [5.41, 5.74) is 1.33. The van der Waals surface area contributed by atoms with Gasteiger partial charge in [-0.15, -0.1) is 0 Å². The lowest BCUT2D eigenvalue weighted by Gasteiger charge is -2.39. The fourth-order valence-electron chi connectivity index (χ4n) is 4.75. The molecule has 2 atom stereocenters. The highest BCUT2D eigenvalue weighted by molar-refractivity contribution is 8.26. The van der Waals surface area contributed by atoms with Gasteiger partial charge in [-0.2, -0.15) is 5.26 Å². The van der Waals surface area contributed by atoms with Gasteiger partial charge in [0.15, 0.2) is 0 Å². The molecule has 3 heterocycles. The summed E-state index contributed by atoms with van der Waals surface area (Å²) in [6.45, 7) is 13.0. The topological polar surface area (TPSA) is 69.3 Å². The molecule has 2 saturated heterocycles. The molecule has 8 heteroatoms. The molecule has 1 amide bonds. The number of anilines is 1. The molecule has 2 aliphatic heterocycles. The fraction of sp³-hybridized carbons (Fsp3) is 0.583. The van der Waals surface area contributed by atoms with E-state index in [-0.39, 0.29) is 17.0 Å². The van der Waals surface area contributed by atoms with Crippen LogP contribution in [0.2, 0.25) is 0 Å². The molecule has 32 heavy (non-hydrogen) atoms. The van der Waals surface area contributed by atoms with Crippen molar-refractivity contribution in [2.45, 2.75) is 60.4 Å². The summed E-state index contributed by atoms with van der Waals surface area (Å²) in [6.07, 6.45) is 4.79. The van der Waals surface area contributed by atoms with Crippen LogP contribution in [0.1, 0.15) is 63.6 Å². The Morgan fingerprint density at radius 3 is 2.41 bits per heavy atom. The van der Waals surface area contributed by atoms with E-state index in [2.05, 4.69) is 31.7 Å². The van der Waals surface area contributed by atoms with Crippen LogP contribution in [-0.2, 0) is 11.3 Å². The number of piperidine rings is 1. The first kappa shape index (κ1) is 24.5. The van der Waals surface area contributed by atoms with Gasteiger partial charge < -0.3 is 4.90 Å². The number of hydrogen-bond donors (Lipinski definition) is 0. The zero-order chi connectivity index (χ0) is 23.6. The molecule has 1 aromatic heterocycles. The monoisotopic (exact) mass is 472 g/mol. The lowest BCUT2D eigenvalue weighted by Crippen LogP contribution is -2.43. The van der Waals surface area contributed by atoms with Crippen LogP contribution in [0.25, 0.3) is 6.08 Å². The Bertz CT molecular complexity index is 1040. The number of unbranched alkanes of at least 4 members (excludes halogenated alkanes) is 1. The van der Waals surface area contributed by atoms with E-state index < -0.39 is 0 Å². The summed E-state index contributed by atoms with van der Waals surface area (Å²) in [7, 11) is 0. The van der Waals surface area contributed by atoms with Gasteiger partial charge in [0.2, 0.25) is 0 Å². The predicted molar refractivity (Wildman–Crippen MR) is 136 cm³/mol. The Morgan fingerprint density at radius 1 is 1.22 bits per heavy atom. The molecule has 0 bridgehead atoms. The van der Waals surface area contributed by atoms with Crippen molar-refractivity contribution in [1.29, 1.82) is 5.26 Å². The van der Waals surface area contributed by atoms with E-state index in [1.165, 1.54) is 11.8 Å². The molecule has 172 valence electrons. The Morgan fingerprint density at radius 2 is 1.88 bits per heavy atom. The molecule has 0 aliphatic carbocycles. The van der Waals surface area contributed by atoms with Gasteiger partial charge in [-0.05, 0) is 50.2 Å². The second-order valence-electron chi connectivity index (χ2n) is 8.94. The molecular weight excluding hydrogens is 440 g/mol. The molecule has 1 aromatic rings. The van der Waals surface area contributed by atoms with Crippen molar-refractivity contribution in [2.24, 2.45) is 11.8 Å². The van der Waals surface area contributed by atoms with Crippen LogP contribution >= 0.6 is 24.0 Å². The normalized spacial score (nSPS) is 22.7. The molecule has 6 nitrogen and oxygen atoms in total. The van der Waals surface area contributed by atoms with Crippen molar-refractivity contribution in [3.8, 4) is 6.07 Å². The quantitative estimate of drug-likeness (QED) is 0.447. The molecule has 0 aromatic carbocycles. The van der Waals surface area contributed by atoms with Gasteiger partial charge in [0.1, 0.15) is 21.8 Å². The summed E-state index contributed by atoms with van der Waals surface area (Å²) in [5, 5.41) is 9.80. The van der Waals surface area contributed by atoms with Gasteiger partial charge >= 0.3 is 0 Å². The van der Waals surface area contributed by atoms with E-state index in [4.69, 9.17) is 12.2 Å². The van der Waals surface area contributed by atoms with Crippen LogP contribution in [0.3, 0.4) is 0 Å². The number of nitrogens with zero attached hydrogens (tertiary/aromatic N) is 4. The maximum Gasteiger partial charge on any atom is 0.270 e. The van der Waals surface area contributed by atoms with Crippen molar-refractivity contribution in [1.82, 2.24) is 9.47 Å². The summed E-state index contributed by atoms with van der Waals surface area (Å²) in [6, 6.07) is 2.12. The number of rotatable bonds is 6. The maximum atomic E-state index is 13.3. The third-order valence-electron chi connectivity index (χ3n) is 6.22. The van der Waals surface area contributed by atoms with E-state index in [0.717, 1.165) is 43.7 Å². The maximum absolute atomic E-state index is 13.3.